The van der Waals surface area contributed by atoms with Gasteiger partial charge in [0.15, 0.2) is 6.61 Å². The van der Waals surface area contributed by atoms with Gasteiger partial charge in [-0.25, -0.2) is 4.39 Å². The summed E-state index contributed by atoms with van der Waals surface area (Å²) >= 11 is 0. The monoisotopic (exact) mass is 399 g/mol. The number of halogens is 1. The van der Waals surface area contributed by atoms with E-state index in [1.54, 1.807) is 11.0 Å². The zero-order chi connectivity index (χ0) is 20.6. The Morgan fingerprint density at radius 3 is 2.55 bits per heavy atom. The van der Waals surface area contributed by atoms with Crippen LogP contribution in [-0.2, 0) is 16.0 Å². The Hall–Kier alpha value is -2.93. The van der Waals surface area contributed by atoms with Crippen molar-refractivity contribution >= 4 is 17.5 Å². The Kier molecular flexibility index (Phi) is 7.19. The van der Waals surface area contributed by atoms with E-state index >= 15 is 0 Å². The van der Waals surface area contributed by atoms with Crippen molar-refractivity contribution in [1.82, 2.24) is 9.80 Å². The molecule has 0 aromatic heterocycles. The standard InChI is InChI=1S/C22H26FN3O3/c1-2-17-6-3-4-9-20(17)24-21(27)15-25-10-12-26(13-11-25)22(28)16-29-19-8-5-7-18(23)14-19/h3-9,14H,2,10-13,15-16H2,1H3,(H,24,27). The SMILES string of the molecule is CCc1ccccc1NC(=O)CN1CCN(C(=O)COc2cccc(F)c2)CC1. The van der Waals surface area contributed by atoms with E-state index in [0.29, 0.717) is 38.5 Å². The summed E-state index contributed by atoms with van der Waals surface area (Å²) in [5, 5.41) is 2.97. The van der Waals surface area contributed by atoms with Crippen LogP contribution < -0.4 is 10.1 Å². The molecule has 0 radical (unpaired) electrons. The average molecular weight is 399 g/mol. The van der Waals surface area contributed by atoms with E-state index < -0.39 is 5.82 Å². The number of anilines is 1. The summed E-state index contributed by atoms with van der Waals surface area (Å²) in [4.78, 5) is 28.4. The highest BCUT2D eigenvalue weighted by atomic mass is 19.1. The molecule has 0 spiro atoms. The Bertz CT molecular complexity index is 851. The lowest BCUT2D eigenvalue weighted by molar-refractivity contribution is -0.135. The smallest absolute Gasteiger partial charge is 0.260 e. The molecule has 2 amide bonds. The predicted molar refractivity (Wildman–Crippen MR) is 109 cm³/mol. The molecule has 0 aliphatic carbocycles. The minimum atomic E-state index is -0.400. The summed E-state index contributed by atoms with van der Waals surface area (Å²) in [5.74, 6) is -0.264. The van der Waals surface area contributed by atoms with E-state index in [-0.39, 0.29) is 18.4 Å². The molecule has 1 heterocycles. The number of nitrogens with zero attached hydrogens (tertiary/aromatic N) is 2. The van der Waals surface area contributed by atoms with Crippen molar-refractivity contribution in [2.45, 2.75) is 13.3 Å². The maximum absolute atomic E-state index is 13.2. The van der Waals surface area contributed by atoms with Crippen LogP contribution in [0.25, 0.3) is 0 Å². The fourth-order valence-electron chi connectivity index (χ4n) is 3.29. The lowest BCUT2D eigenvalue weighted by Crippen LogP contribution is -2.51. The van der Waals surface area contributed by atoms with Crippen LogP contribution >= 0.6 is 0 Å². The summed E-state index contributed by atoms with van der Waals surface area (Å²) in [6.07, 6.45) is 0.856. The zero-order valence-electron chi connectivity index (χ0n) is 16.6. The quantitative estimate of drug-likeness (QED) is 0.777. The molecule has 2 aromatic rings. The normalized spacial score (nSPS) is 14.5. The third kappa shape index (κ3) is 6.02. The first-order valence-corrected chi connectivity index (χ1v) is 9.81. The highest BCUT2D eigenvalue weighted by Crippen LogP contribution is 2.16. The first-order chi connectivity index (χ1) is 14.0. The van der Waals surface area contributed by atoms with Gasteiger partial charge in [0, 0.05) is 37.9 Å². The third-order valence-electron chi connectivity index (χ3n) is 4.92. The zero-order valence-corrected chi connectivity index (χ0v) is 16.6. The van der Waals surface area contributed by atoms with Crippen molar-refractivity contribution in [1.29, 1.82) is 0 Å². The largest absolute Gasteiger partial charge is 0.484 e. The average Bonchev–Trinajstić information content (AvgIpc) is 2.73. The lowest BCUT2D eigenvalue weighted by Gasteiger charge is -2.34. The van der Waals surface area contributed by atoms with Crippen LogP contribution in [0.4, 0.5) is 10.1 Å². The van der Waals surface area contributed by atoms with Crippen LogP contribution in [0.2, 0.25) is 0 Å². The highest BCUT2D eigenvalue weighted by Gasteiger charge is 2.23. The molecule has 154 valence electrons. The van der Waals surface area contributed by atoms with Crippen molar-refractivity contribution in [3.05, 3.63) is 59.9 Å². The molecule has 0 unspecified atom stereocenters. The van der Waals surface area contributed by atoms with Crippen molar-refractivity contribution < 1.29 is 18.7 Å². The van der Waals surface area contributed by atoms with Gasteiger partial charge in [-0.3, -0.25) is 14.5 Å². The fraction of sp³-hybridized carbons (Fsp3) is 0.364. The molecule has 1 aliphatic heterocycles. The van der Waals surface area contributed by atoms with Gasteiger partial charge in [0.25, 0.3) is 5.91 Å². The number of hydrogen-bond acceptors (Lipinski definition) is 4. The molecular formula is C22H26FN3O3. The number of nitrogens with one attached hydrogen (secondary N) is 1. The molecule has 1 fully saturated rings. The summed E-state index contributed by atoms with van der Waals surface area (Å²) in [7, 11) is 0. The van der Waals surface area contributed by atoms with Gasteiger partial charge >= 0.3 is 0 Å². The second kappa shape index (κ2) is 10.0. The van der Waals surface area contributed by atoms with Gasteiger partial charge in [-0.1, -0.05) is 31.2 Å². The van der Waals surface area contributed by atoms with Gasteiger partial charge in [0.1, 0.15) is 11.6 Å². The molecule has 0 saturated carbocycles. The summed E-state index contributed by atoms with van der Waals surface area (Å²) < 4.78 is 18.5. The first-order valence-electron chi connectivity index (χ1n) is 9.81. The number of carbonyl (C=O) groups excluding carboxylic acids is 2. The molecule has 0 bridgehead atoms. The molecule has 3 rings (SSSR count). The van der Waals surface area contributed by atoms with Crippen molar-refractivity contribution in [2.75, 3.05) is 44.6 Å². The van der Waals surface area contributed by atoms with E-state index in [4.69, 9.17) is 4.74 Å². The summed E-state index contributed by atoms with van der Waals surface area (Å²) in [5.41, 5.74) is 1.96. The third-order valence-corrected chi connectivity index (χ3v) is 4.92. The van der Waals surface area contributed by atoms with E-state index in [1.807, 2.05) is 29.2 Å². The van der Waals surface area contributed by atoms with Gasteiger partial charge in [-0.05, 0) is 30.2 Å². The van der Waals surface area contributed by atoms with Crippen LogP contribution in [0.1, 0.15) is 12.5 Å². The minimum Gasteiger partial charge on any atom is -0.484 e. The number of carbonyl (C=O) groups is 2. The lowest BCUT2D eigenvalue weighted by atomic mass is 10.1. The highest BCUT2D eigenvalue weighted by molar-refractivity contribution is 5.93. The van der Waals surface area contributed by atoms with E-state index in [9.17, 15) is 14.0 Å². The Morgan fingerprint density at radius 1 is 1.07 bits per heavy atom. The van der Waals surface area contributed by atoms with Crippen LogP contribution in [-0.4, -0.2) is 60.9 Å². The number of benzene rings is 2. The minimum absolute atomic E-state index is 0.0554. The number of ether oxygens (including phenoxy) is 1. The molecule has 6 nitrogen and oxygen atoms in total. The number of piperazine rings is 1. The maximum atomic E-state index is 13.2. The van der Waals surface area contributed by atoms with Crippen molar-refractivity contribution in [2.24, 2.45) is 0 Å². The van der Waals surface area contributed by atoms with Gasteiger partial charge < -0.3 is 15.0 Å². The van der Waals surface area contributed by atoms with Crippen LogP contribution in [0.15, 0.2) is 48.5 Å². The van der Waals surface area contributed by atoms with Crippen molar-refractivity contribution in [3.63, 3.8) is 0 Å². The number of hydrogen-bond donors (Lipinski definition) is 1. The Labute approximate surface area is 170 Å². The fourth-order valence-corrected chi connectivity index (χ4v) is 3.29. The van der Waals surface area contributed by atoms with Crippen molar-refractivity contribution in [3.8, 4) is 5.75 Å². The number of aryl methyl sites for hydroxylation is 1. The molecule has 1 N–H and O–H groups in total. The number of para-hydroxylation sites is 1. The second-order valence-electron chi connectivity index (χ2n) is 6.96. The molecule has 2 aromatic carbocycles. The molecule has 0 atom stereocenters. The van der Waals surface area contributed by atoms with Crippen LogP contribution in [0.5, 0.6) is 5.75 Å². The predicted octanol–water partition coefficient (Wildman–Crippen LogP) is 2.55. The second-order valence-corrected chi connectivity index (χ2v) is 6.96. The van der Waals surface area contributed by atoms with Gasteiger partial charge in [0.2, 0.25) is 5.91 Å². The van der Waals surface area contributed by atoms with E-state index in [1.165, 1.54) is 18.2 Å². The summed E-state index contributed by atoms with van der Waals surface area (Å²) in [6.45, 7) is 4.52. The molecule has 1 aliphatic rings. The van der Waals surface area contributed by atoms with E-state index in [0.717, 1.165) is 17.7 Å². The molecule has 7 heteroatoms. The number of amides is 2. The van der Waals surface area contributed by atoms with E-state index in [2.05, 4.69) is 12.2 Å². The molecule has 1 saturated heterocycles. The van der Waals surface area contributed by atoms with Crippen LogP contribution in [0, 0.1) is 5.82 Å². The van der Waals surface area contributed by atoms with Gasteiger partial charge in [0.05, 0.1) is 6.54 Å². The van der Waals surface area contributed by atoms with Crippen LogP contribution in [0.3, 0.4) is 0 Å². The number of rotatable bonds is 7. The van der Waals surface area contributed by atoms with Gasteiger partial charge in [-0.2, -0.15) is 0 Å². The molecule has 29 heavy (non-hydrogen) atoms. The first kappa shape index (κ1) is 20.8. The molecular weight excluding hydrogens is 373 g/mol. The van der Waals surface area contributed by atoms with Gasteiger partial charge in [-0.15, -0.1) is 0 Å². The Balaban J connectivity index is 1.41. The topological polar surface area (TPSA) is 61.9 Å². The Morgan fingerprint density at radius 2 is 1.83 bits per heavy atom. The maximum Gasteiger partial charge on any atom is 0.260 e. The summed E-state index contributed by atoms with van der Waals surface area (Å²) in [6, 6.07) is 13.5.